The zero-order valence-electron chi connectivity index (χ0n) is 28.1. The number of rotatable bonds is 9. The maximum Gasteiger partial charge on any atom is 0.160 e. The SMILES string of the molecule is CC(=N)/C(=C(\N=C\c1ccccc1)c1ccc(-c2ccccc2)cc1)c1cccc(-c2cccc(-c3cc(C)nc(-c4ccccc4)n3)c2)c1. The molecule has 0 spiro atoms. The largest absolute Gasteiger partial charge is 0.305 e. The second-order valence-corrected chi connectivity index (χ2v) is 12.2. The number of hydrogen-bond donors (Lipinski definition) is 1. The number of nitrogens with one attached hydrogen (secondary N) is 1. The van der Waals surface area contributed by atoms with Crippen LogP contribution in [0.4, 0.5) is 0 Å². The van der Waals surface area contributed by atoms with Gasteiger partial charge in [-0.25, -0.2) is 9.97 Å². The maximum absolute atomic E-state index is 9.02. The molecule has 6 aromatic carbocycles. The van der Waals surface area contributed by atoms with Gasteiger partial charge in [-0.3, -0.25) is 4.99 Å². The predicted octanol–water partition coefficient (Wildman–Crippen LogP) is 11.5. The zero-order valence-corrected chi connectivity index (χ0v) is 28.1. The fourth-order valence-electron chi connectivity index (χ4n) is 6.09. The van der Waals surface area contributed by atoms with Crippen LogP contribution in [0.15, 0.2) is 175 Å². The van der Waals surface area contributed by atoms with E-state index < -0.39 is 0 Å². The van der Waals surface area contributed by atoms with Crippen LogP contribution in [0.2, 0.25) is 0 Å². The Morgan fingerprint density at radius 1 is 0.520 bits per heavy atom. The standard InChI is InChI=1S/C46H36N4/c1-32-28-43(50-46(49-32)38-18-10-5-11-19-38)41-22-12-20-39(29-41)40-21-13-23-42(30-40)44(33(2)47)45(48-31-34-14-6-3-7-15-34)37-26-24-36(25-27-37)35-16-8-4-9-17-35/h3-31,47H,1-2H3/b45-44+,47-33?,48-31+. The van der Waals surface area contributed by atoms with Gasteiger partial charge in [0.1, 0.15) is 0 Å². The van der Waals surface area contributed by atoms with E-state index >= 15 is 0 Å². The molecule has 4 heteroatoms. The molecule has 0 fully saturated rings. The fourth-order valence-corrected chi connectivity index (χ4v) is 6.09. The summed E-state index contributed by atoms with van der Waals surface area (Å²) in [4.78, 5) is 14.7. The van der Waals surface area contributed by atoms with Crippen LogP contribution < -0.4 is 0 Å². The van der Waals surface area contributed by atoms with Crippen molar-refractivity contribution < 1.29 is 0 Å². The minimum Gasteiger partial charge on any atom is -0.305 e. The highest BCUT2D eigenvalue weighted by atomic mass is 14.9. The minimum atomic E-state index is 0.438. The van der Waals surface area contributed by atoms with Crippen molar-refractivity contribution in [1.29, 1.82) is 5.41 Å². The molecule has 0 aliphatic carbocycles. The number of nitrogens with zero attached hydrogens (tertiary/aromatic N) is 3. The molecule has 0 amide bonds. The summed E-state index contributed by atoms with van der Waals surface area (Å²) in [5, 5.41) is 9.02. The Hall–Kier alpha value is -6.52. The van der Waals surface area contributed by atoms with Gasteiger partial charge in [-0.15, -0.1) is 0 Å². The van der Waals surface area contributed by atoms with Crippen LogP contribution in [-0.2, 0) is 0 Å². The highest BCUT2D eigenvalue weighted by Crippen LogP contribution is 2.34. The Morgan fingerprint density at radius 2 is 1.08 bits per heavy atom. The monoisotopic (exact) mass is 644 g/mol. The Morgan fingerprint density at radius 3 is 1.76 bits per heavy atom. The van der Waals surface area contributed by atoms with Crippen LogP contribution in [0, 0.1) is 12.3 Å². The molecule has 50 heavy (non-hydrogen) atoms. The van der Waals surface area contributed by atoms with Crippen LogP contribution in [0.25, 0.3) is 56.2 Å². The number of hydrogen-bond acceptors (Lipinski definition) is 4. The molecule has 240 valence electrons. The van der Waals surface area contributed by atoms with Crippen molar-refractivity contribution in [3.8, 4) is 44.9 Å². The lowest BCUT2D eigenvalue weighted by atomic mass is 9.92. The molecule has 0 bridgehead atoms. The molecule has 0 unspecified atom stereocenters. The van der Waals surface area contributed by atoms with E-state index in [2.05, 4.69) is 97.1 Å². The molecular formula is C46H36N4. The Bertz CT molecular complexity index is 2320. The van der Waals surface area contributed by atoms with Gasteiger partial charge in [0.25, 0.3) is 0 Å². The van der Waals surface area contributed by atoms with Gasteiger partial charge in [0.2, 0.25) is 0 Å². The van der Waals surface area contributed by atoms with E-state index in [4.69, 9.17) is 20.4 Å². The van der Waals surface area contributed by atoms with Crippen LogP contribution in [-0.4, -0.2) is 21.9 Å². The lowest BCUT2D eigenvalue weighted by Crippen LogP contribution is -2.01. The van der Waals surface area contributed by atoms with E-state index in [9.17, 15) is 0 Å². The summed E-state index contributed by atoms with van der Waals surface area (Å²) in [6.45, 7) is 3.84. The van der Waals surface area contributed by atoms with Gasteiger partial charge < -0.3 is 5.41 Å². The third-order valence-corrected chi connectivity index (χ3v) is 8.55. The minimum absolute atomic E-state index is 0.438. The molecule has 7 rings (SSSR count). The van der Waals surface area contributed by atoms with Crippen LogP contribution in [0.5, 0.6) is 0 Å². The predicted molar refractivity (Wildman–Crippen MR) is 209 cm³/mol. The number of allylic oxidation sites excluding steroid dienone is 1. The lowest BCUT2D eigenvalue weighted by Gasteiger charge is -2.15. The van der Waals surface area contributed by atoms with Crippen LogP contribution in [0.3, 0.4) is 0 Å². The molecule has 0 radical (unpaired) electrons. The fraction of sp³-hybridized carbons (Fsp3) is 0.0435. The second kappa shape index (κ2) is 14.7. The number of aromatic nitrogens is 2. The summed E-state index contributed by atoms with van der Waals surface area (Å²) in [5.74, 6) is 0.713. The van der Waals surface area contributed by atoms with Crippen molar-refractivity contribution in [2.75, 3.05) is 0 Å². The van der Waals surface area contributed by atoms with Crippen molar-refractivity contribution in [1.82, 2.24) is 9.97 Å². The zero-order chi connectivity index (χ0) is 34.3. The smallest absolute Gasteiger partial charge is 0.160 e. The average Bonchev–Trinajstić information content (AvgIpc) is 3.17. The van der Waals surface area contributed by atoms with Gasteiger partial charge in [0.15, 0.2) is 5.82 Å². The molecule has 0 saturated carbocycles. The van der Waals surface area contributed by atoms with Gasteiger partial charge in [-0.05, 0) is 65.4 Å². The summed E-state index contributed by atoms with van der Waals surface area (Å²) in [6.07, 6.45) is 1.88. The molecule has 0 aliphatic heterocycles. The van der Waals surface area contributed by atoms with Gasteiger partial charge in [0.05, 0.1) is 11.4 Å². The first kappa shape index (κ1) is 32.0. The molecule has 4 nitrogen and oxygen atoms in total. The van der Waals surface area contributed by atoms with Crippen molar-refractivity contribution in [3.63, 3.8) is 0 Å². The molecule has 7 aromatic rings. The lowest BCUT2D eigenvalue weighted by molar-refractivity contribution is 1.11. The van der Waals surface area contributed by atoms with E-state index in [-0.39, 0.29) is 0 Å². The Labute approximate surface area is 293 Å². The summed E-state index contributed by atoms with van der Waals surface area (Å²) in [7, 11) is 0. The highest BCUT2D eigenvalue weighted by Gasteiger charge is 2.16. The molecule has 0 aliphatic rings. The second-order valence-electron chi connectivity index (χ2n) is 12.2. The highest BCUT2D eigenvalue weighted by molar-refractivity contribution is 6.28. The normalized spacial score (nSPS) is 11.7. The van der Waals surface area contributed by atoms with Gasteiger partial charge in [-0.2, -0.15) is 0 Å². The van der Waals surface area contributed by atoms with E-state index in [1.54, 1.807) is 0 Å². The molecule has 0 saturated heterocycles. The third kappa shape index (κ3) is 7.30. The maximum atomic E-state index is 9.02. The van der Waals surface area contributed by atoms with E-state index in [0.717, 1.165) is 72.7 Å². The summed E-state index contributed by atoms with van der Waals surface area (Å²) in [6, 6.07) is 57.8. The van der Waals surface area contributed by atoms with Crippen molar-refractivity contribution in [2.24, 2.45) is 4.99 Å². The molecule has 1 heterocycles. The van der Waals surface area contributed by atoms with E-state index in [1.165, 1.54) is 0 Å². The first-order valence-electron chi connectivity index (χ1n) is 16.7. The van der Waals surface area contributed by atoms with Gasteiger partial charge in [0, 0.05) is 39.9 Å². The molecule has 0 atom stereocenters. The number of aliphatic imine (C=N–C) groups is 1. The topological polar surface area (TPSA) is 62.0 Å². The molecule has 1 N–H and O–H groups in total. The van der Waals surface area contributed by atoms with Crippen molar-refractivity contribution in [2.45, 2.75) is 13.8 Å². The van der Waals surface area contributed by atoms with Gasteiger partial charge >= 0.3 is 0 Å². The number of aryl methyl sites for hydroxylation is 1. The summed E-state index contributed by atoms with van der Waals surface area (Å²) >= 11 is 0. The Balaban J connectivity index is 1.31. The van der Waals surface area contributed by atoms with E-state index in [1.807, 2.05) is 92.9 Å². The van der Waals surface area contributed by atoms with E-state index in [0.29, 0.717) is 11.5 Å². The summed E-state index contributed by atoms with van der Waals surface area (Å²) < 4.78 is 0. The molecule has 1 aromatic heterocycles. The van der Waals surface area contributed by atoms with Crippen molar-refractivity contribution in [3.05, 3.63) is 192 Å². The number of benzene rings is 6. The molecular weight excluding hydrogens is 609 g/mol. The average molecular weight is 645 g/mol. The van der Waals surface area contributed by atoms with Crippen molar-refractivity contribution >= 4 is 23.2 Å². The Kier molecular flexibility index (Phi) is 9.43. The first-order chi connectivity index (χ1) is 24.5. The first-order valence-corrected chi connectivity index (χ1v) is 16.7. The van der Waals surface area contributed by atoms with Crippen LogP contribution in [0.1, 0.15) is 29.3 Å². The van der Waals surface area contributed by atoms with Gasteiger partial charge in [-0.1, -0.05) is 152 Å². The summed E-state index contributed by atoms with van der Waals surface area (Å²) in [5.41, 5.74) is 13.0. The van der Waals surface area contributed by atoms with Crippen LogP contribution >= 0.6 is 0 Å². The quantitative estimate of drug-likeness (QED) is 0.126. The third-order valence-electron chi connectivity index (χ3n) is 8.55.